The maximum absolute atomic E-state index is 12.6. The molecule has 7 heteroatoms. The number of ether oxygens (including phenoxy) is 1. The number of nitrogens with two attached hydrogens (primary N) is 1. The number of anilines is 1. The molecule has 0 aliphatic carbocycles. The van der Waals surface area contributed by atoms with Gasteiger partial charge in [-0.25, -0.2) is 4.98 Å². The molecule has 0 radical (unpaired) electrons. The molecule has 0 aromatic carbocycles. The molecule has 2 N–H and O–H groups in total. The SMILES string of the molecule is CCCc1cc(C(=O)N2CCO[C@H](c3cccc(N)n3)C2)no1. The van der Waals surface area contributed by atoms with E-state index < -0.39 is 0 Å². The molecule has 3 rings (SSSR count). The molecule has 7 nitrogen and oxygen atoms in total. The number of nitrogens with zero attached hydrogens (tertiary/aromatic N) is 3. The Kier molecular flexibility index (Phi) is 4.57. The van der Waals surface area contributed by atoms with Gasteiger partial charge in [-0.3, -0.25) is 4.79 Å². The monoisotopic (exact) mass is 316 g/mol. The summed E-state index contributed by atoms with van der Waals surface area (Å²) in [7, 11) is 0. The zero-order chi connectivity index (χ0) is 16.2. The van der Waals surface area contributed by atoms with Crippen molar-refractivity contribution in [1.82, 2.24) is 15.0 Å². The van der Waals surface area contributed by atoms with Crippen molar-refractivity contribution in [2.75, 3.05) is 25.4 Å². The molecule has 2 aromatic rings. The quantitative estimate of drug-likeness (QED) is 0.924. The van der Waals surface area contributed by atoms with Gasteiger partial charge in [-0.2, -0.15) is 0 Å². The highest BCUT2D eigenvalue weighted by Crippen LogP contribution is 2.22. The molecule has 1 fully saturated rings. The highest BCUT2D eigenvalue weighted by Gasteiger charge is 2.28. The first kappa shape index (κ1) is 15.5. The van der Waals surface area contributed by atoms with E-state index in [-0.39, 0.29) is 12.0 Å². The average molecular weight is 316 g/mol. The smallest absolute Gasteiger partial charge is 0.276 e. The Balaban J connectivity index is 1.71. The average Bonchev–Trinajstić information content (AvgIpc) is 3.03. The van der Waals surface area contributed by atoms with Gasteiger partial charge in [0.25, 0.3) is 5.91 Å². The van der Waals surface area contributed by atoms with E-state index in [1.54, 1.807) is 17.0 Å². The Morgan fingerprint density at radius 2 is 2.35 bits per heavy atom. The first-order valence-electron chi connectivity index (χ1n) is 7.76. The number of aromatic nitrogens is 2. The number of aryl methyl sites for hydroxylation is 1. The lowest BCUT2D eigenvalue weighted by Crippen LogP contribution is -2.42. The summed E-state index contributed by atoms with van der Waals surface area (Å²) in [5, 5.41) is 3.88. The van der Waals surface area contributed by atoms with Crippen LogP contribution in [0.5, 0.6) is 0 Å². The summed E-state index contributed by atoms with van der Waals surface area (Å²) in [6, 6.07) is 7.12. The molecule has 0 unspecified atom stereocenters. The van der Waals surface area contributed by atoms with Crippen LogP contribution < -0.4 is 5.73 Å². The minimum Gasteiger partial charge on any atom is -0.384 e. The summed E-state index contributed by atoms with van der Waals surface area (Å²) in [5.41, 5.74) is 6.79. The van der Waals surface area contributed by atoms with Crippen molar-refractivity contribution in [3.63, 3.8) is 0 Å². The molecule has 1 amide bonds. The van der Waals surface area contributed by atoms with Gasteiger partial charge in [0.15, 0.2) is 5.69 Å². The van der Waals surface area contributed by atoms with Crippen LogP contribution >= 0.6 is 0 Å². The van der Waals surface area contributed by atoms with Gasteiger partial charge in [-0.1, -0.05) is 18.1 Å². The number of morpholine rings is 1. The summed E-state index contributed by atoms with van der Waals surface area (Å²) in [4.78, 5) is 18.6. The van der Waals surface area contributed by atoms with Gasteiger partial charge >= 0.3 is 0 Å². The molecule has 1 aliphatic heterocycles. The van der Waals surface area contributed by atoms with Crippen LogP contribution in [0.2, 0.25) is 0 Å². The van der Waals surface area contributed by atoms with E-state index in [2.05, 4.69) is 17.1 Å². The van der Waals surface area contributed by atoms with Crippen LogP contribution in [0.15, 0.2) is 28.8 Å². The van der Waals surface area contributed by atoms with Crippen LogP contribution in [-0.2, 0) is 11.2 Å². The van der Waals surface area contributed by atoms with E-state index in [1.807, 2.05) is 12.1 Å². The second-order valence-electron chi connectivity index (χ2n) is 5.53. The zero-order valence-corrected chi connectivity index (χ0v) is 13.1. The lowest BCUT2D eigenvalue weighted by atomic mass is 10.1. The van der Waals surface area contributed by atoms with E-state index in [1.165, 1.54) is 0 Å². The van der Waals surface area contributed by atoms with Crippen molar-refractivity contribution in [3.05, 3.63) is 41.4 Å². The standard InChI is InChI=1S/C16H20N4O3/c1-2-4-11-9-13(19-23-11)16(21)20-7-8-22-14(10-20)12-5-3-6-15(17)18-12/h3,5-6,9,14H,2,4,7-8,10H2,1H3,(H2,17,18)/t14-/m0/s1. The first-order valence-corrected chi connectivity index (χ1v) is 7.76. The molecule has 23 heavy (non-hydrogen) atoms. The van der Waals surface area contributed by atoms with Gasteiger partial charge in [-0.15, -0.1) is 0 Å². The fraction of sp³-hybridized carbons (Fsp3) is 0.438. The zero-order valence-electron chi connectivity index (χ0n) is 13.1. The fourth-order valence-corrected chi connectivity index (χ4v) is 2.60. The second kappa shape index (κ2) is 6.78. The van der Waals surface area contributed by atoms with Crippen LogP contribution in [0.3, 0.4) is 0 Å². The molecule has 2 aromatic heterocycles. The Labute approximate surface area is 134 Å². The Hall–Kier alpha value is -2.41. The predicted octanol–water partition coefficient (Wildman–Crippen LogP) is 1.82. The van der Waals surface area contributed by atoms with Crippen molar-refractivity contribution in [2.45, 2.75) is 25.9 Å². The number of rotatable bonds is 4. The van der Waals surface area contributed by atoms with Gasteiger partial charge in [-0.05, 0) is 18.6 Å². The lowest BCUT2D eigenvalue weighted by molar-refractivity contribution is -0.0249. The third-order valence-electron chi connectivity index (χ3n) is 3.75. The van der Waals surface area contributed by atoms with Crippen molar-refractivity contribution in [1.29, 1.82) is 0 Å². The van der Waals surface area contributed by atoms with E-state index in [9.17, 15) is 4.79 Å². The molecular formula is C16H20N4O3. The first-order chi connectivity index (χ1) is 11.2. The normalized spacial score (nSPS) is 18.1. The molecule has 0 saturated carbocycles. The minimum atomic E-state index is -0.279. The summed E-state index contributed by atoms with van der Waals surface area (Å²) < 4.78 is 10.9. The largest absolute Gasteiger partial charge is 0.384 e. The van der Waals surface area contributed by atoms with Gasteiger partial charge < -0.3 is 19.9 Å². The van der Waals surface area contributed by atoms with Crippen LogP contribution in [0.4, 0.5) is 5.82 Å². The topological polar surface area (TPSA) is 94.5 Å². The van der Waals surface area contributed by atoms with Gasteiger partial charge in [0.05, 0.1) is 18.8 Å². The number of amides is 1. The van der Waals surface area contributed by atoms with Crippen molar-refractivity contribution >= 4 is 11.7 Å². The van der Waals surface area contributed by atoms with Crippen LogP contribution in [0, 0.1) is 0 Å². The maximum Gasteiger partial charge on any atom is 0.276 e. The molecule has 1 atom stereocenters. The maximum atomic E-state index is 12.6. The molecular weight excluding hydrogens is 296 g/mol. The molecule has 0 spiro atoms. The lowest BCUT2D eigenvalue weighted by Gasteiger charge is -2.32. The van der Waals surface area contributed by atoms with Gasteiger partial charge in [0, 0.05) is 19.0 Å². The number of carbonyl (C=O) groups excluding carboxylic acids is 1. The third kappa shape index (κ3) is 3.50. The summed E-state index contributed by atoms with van der Waals surface area (Å²) >= 11 is 0. The molecule has 0 bridgehead atoms. The second-order valence-corrected chi connectivity index (χ2v) is 5.53. The van der Waals surface area contributed by atoms with Crippen LogP contribution in [0.25, 0.3) is 0 Å². The van der Waals surface area contributed by atoms with Gasteiger partial charge in [0.2, 0.25) is 0 Å². The van der Waals surface area contributed by atoms with E-state index in [0.29, 0.717) is 31.2 Å². The van der Waals surface area contributed by atoms with Crippen LogP contribution in [-0.4, -0.2) is 40.6 Å². The number of nitrogen functional groups attached to an aromatic ring is 1. The van der Waals surface area contributed by atoms with E-state index in [4.69, 9.17) is 15.0 Å². The Morgan fingerprint density at radius 1 is 1.48 bits per heavy atom. The number of carbonyl (C=O) groups is 1. The molecule has 1 aliphatic rings. The van der Waals surface area contributed by atoms with E-state index >= 15 is 0 Å². The van der Waals surface area contributed by atoms with Gasteiger partial charge in [0.1, 0.15) is 17.7 Å². The van der Waals surface area contributed by atoms with Crippen molar-refractivity contribution < 1.29 is 14.1 Å². The highest BCUT2D eigenvalue weighted by atomic mass is 16.5. The molecule has 1 saturated heterocycles. The Morgan fingerprint density at radius 3 is 3.13 bits per heavy atom. The van der Waals surface area contributed by atoms with E-state index in [0.717, 1.165) is 24.3 Å². The molecule has 122 valence electrons. The van der Waals surface area contributed by atoms with Crippen molar-refractivity contribution in [3.8, 4) is 0 Å². The fourth-order valence-electron chi connectivity index (χ4n) is 2.60. The van der Waals surface area contributed by atoms with Crippen LogP contribution in [0.1, 0.15) is 41.4 Å². The summed E-state index contributed by atoms with van der Waals surface area (Å²) in [6.45, 7) is 3.45. The number of hydrogen-bond donors (Lipinski definition) is 1. The summed E-state index contributed by atoms with van der Waals surface area (Å²) in [6.07, 6.45) is 1.45. The summed E-state index contributed by atoms with van der Waals surface area (Å²) in [5.74, 6) is 1.03. The van der Waals surface area contributed by atoms with Crippen molar-refractivity contribution in [2.24, 2.45) is 0 Å². The predicted molar refractivity (Wildman–Crippen MR) is 83.7 cm³/mol. The minimum absolute atomic E-state index is 0.145. The molecule has 3 heterocycles. The number of pyridine rings is 1. The third-order valence-corrected chi connectivity index (χ3v) is 3.75. The number of hydrogen-bond acceptors (Lipinski definition) is 6. The Bertz CT molecular complexity index is 685. The highest BCUT2D eigenvalue weighted by molar-refractivity contribution is 5.92.